The Morgan fingerprint density at radius 1 is 1.12 bits per heavy atom. The fraction of sp³-hybridized carbons (Fsp3) is 0.316. The molecule has 1 saturated heterocycles. The fourth-order valence-corrected chi connectivity index (χ4v) is 5.30. The first-order chi connectivity index (χ1) is 12.4. The molecule has 0 saturated carbocycles. The molecule has 2 aromatic rings. The molecule has 1 N–H and O–H groups in total. The number of nitriles is 1. The van der Waals surface area contributed by atoms with Crippen molar-refractivity contribution in [2.75, 3.05) is 26.2 Å². The van der Waals surface area contributed by atoms with Crippen LogP contribution >= 0.6 is 11.6 Å². The largest absolute Gasteiger partial charge is 0.327 e. The lowest BCUT2D eigenvalue weighted by Gasteiger charge is -2.35. The van der Waals surface area contributed by atoms with Gasteiger partial charge in [-0.25, -0.2) is 8.42 Å². The molecule has 0 aromatic heterocycles. The summed E-state index contributed by atoms with van der Waals surface area (Å²) >= 11 is 6.30. The predicted octanol–water partition coefficient (Wildman–Crippen LogP) is 1.86. The number of halogens is 1. The quantitative estimate of drug-likeness (QED) is 0.866. The van der Waals surface area contributed by atoms with Crippen molar-refractivity contribution in [2.45, 2.75) is 17.9 Å². The zero-order chi connectivity index (χ0) is 18.7. The Morgan fingerprint density at radius 2 is 1.73 bits per heavy atom. The minimum Gasteiger partial charge on any atom is -0.327 e. The van der Waals surface area contributed by atoms with Crippen LogP contribution in [0.2, 0.25) is 5.02 Å². The highest BCUT2D eigenvalue weighted by Gasteiger charge is 2.34. The molecule has 26 heavy (non-hydrogen) atoms. The van der Waals surface area contributed by atoms with Gasteiger partial charge < -0.3 is 4.90 Å². The van der Waals surface area contributed by atoms with Crippen molar-refractivity contribution in [3.8, 4) is 6.07 Å². The second-order valence-corrected chi connectivity index (χ2v) is 8.73. The standard InChI is InChI=1S/C19H20ClN3O2S/c1-15(17-7-3-4-8-18(17)20)22-10-12-23(13-11-22)26(24,25)19-9-5-2-6-16(19)14-21/h2-9,15H,10-13H2,1H3/p+1/t15-/m0/s1. The highest BCUT2D eigenvalue weighted by molar-refractivity contribution is 7.89. The molecule has 1 atom stereocenters. The molecule has 3 rings (SSSR count). The molecular weight excluding hydrogens is 370 g/mol. The molecule has 0 bridgehead atoms. The van der Waals surface area contributed by atoms with Crippen LogP contribution in [0.15, 0.2) is 53.4 Å². The van der Waals surface area contributed by atoms with Crippen LogP contribution < -0.4 is 4.90 Å². The number of sulfonamides is 1. The van der Waals surface area contributed by atoms with E-state index in [2.05, 4.69) is 6.92 Å². The molecule has 0 aliphatic carbocycles. The van der Waals surface area contributed by atoms with E-state index >= 15 is 0 Å². The highest BCUT2D eigenvalue weighted by atomic mass is 35.5. The van der Waals surface area contributed by atoms with Crippen LogP contribution in [0.4, 0.5) is 0 Å². The number of hydrogen-bond donors (Lipinski definition) is 1. The van der Waals surface area contributed by atoms with Crippen LogP contribution in [0.25, 0.3) is 0 Å². The Labute approximate surface area is 159 Å². The van der Waals surface area contributed by atoms with Gasteiger partial charge in [-0.05, 0) is 25.1 Å². The monoisotopic (exact) mass is 390 g/mol. The van der Waals surface area contributed by atoms with Crippen molar-refractivity contribution in [1.29, 1.82) is 5.26 Å². The van der Waals surface area contributed by atoms with Crippen LogP contribution in [0.5, 0.6) is 0 Å². The van der Waals surface area contributed by atoms with Crippen molar-refractivity contribution in [3.63, 3.8) is 0 Å². The van der Waals surface area contributed by atoms with E-state index in [1.54, 1.807) is 12.1 Å². The first kappa shape index (κ1) is 18.9. The lowest BCUT2D eigenvalue weighted by molar-refractivity contribution is -0.933. The van der Waals surface area contributed by atoms with E-state index in [4.69, 9.17) is 11.6 Å². The number of rotatable bonds is 4. The van der Waals surface area contributed by atoms with Crippen molar-refractivity contribution in [3.05, 3.63) is 64.7 Å². The van der Waals surface area contributed by atoms with E-state index in [1.165, 1.54) is 21.3 Å². The van der Waals surface area contributed by atoms with Gasteiger partial charge in [-0.1, -0.05) is 41.9 Å². The molecule has 136 valence electrons. The summed E-state index contributed by atoms with van der Waals surface area (Å²) in [6.07, 6.45) is 0. The lowest BCUT2D eigenvalue weighted by Crippen LogP contribution is -3.14. The maximum atomic E-state index is 12.9. The van der Waals surface area contributed by atoms with E-state index < -0.39 is 10.0 Å². The third-order valence-electron chi connectivity index (χ3n) is 4.97. The van der Waals surface area contributed by atoms with Gasteiger partial charge in [0.05, 0.1) is 36.6 Å². The second kappa shape index (κ2) is 7.77. The Hall–Kier alpha value is -1.91. The molecule has 1 aliphatic rings. The number of quaternary nitrogens is 1. The van der Waals surface area contributed by atoms with Crippen LogP contribution in [0.3, 0.4) is 0 Å². The summed E-state index contributed by atoms with van der Waals surface area (Å²) in [4.78, 5) is 1.39. The van der Waals surface area contributed by atoms with Crippen molar-refractivity contribution < 1.29 is 13.3 Å². The second-order valence-electron chi connectivity index (χ2n) is 6.41. The smallest absolute Gasteiger partial charge is 0.244 e. The number of nitrogens with one attached hydrogen (secondary N) is 1. The zero-order valence-electron chi connectivity index (χ0n) is 14.5. The summed E-state index contributed by atoms with van der Waals surface area (Å²) in [7, 11) is -3.66. The van der Waals surface area contributed by atoms with Crippen LogP contribution in [-0.2, 0) is 10.0 Å². The molecule has 1 heterocycles. The minimum absolute atomic E-state index is 0.0881. The number of benzene rings is 2. The van der Waals surface area contributed by atoms with Crippen molar-refractivity contribution in [1.82, 2.24) is 4.31 Å². The van der Waals surface area contributed by atoms with E-state index in [0.29, 0.717) is 26.2 Å². The van der Waals surface area contributed by atoms with Gasteiger partial charge in [-0.3, -0.25) is 0 Å². The maximum absolute atomic E-state index is 12.9. The van der Waals surface area contributed by atoms with Crippen molar-refractivity contribution in [2.24, 2.45) is 0 Å². The summed E-state index contributed by atoms with van der Waals surface area (Å²) in [6, 6.07) is 16.3. The van der Waals surface area contributed by atoms with Crippen LogP contribution in [0.1, 0.15) is 24.1 Å². The van der Waals surface area contributed by atoms with Gasteiger partial charge in [-0.15, -0.1) is 0 Å². The normalized spacial score (nSPS) is 17.6. The number of hydrogen-bond acceptors (Lipinski definition) is 3. The Balaban J connectivity index is 1.74. The number of nitrogens with zero attached hydrogens (tertiary/aromatic N) is 2. The van der Waals surface area contributed by atoms with Gasteiger partial charge in [0.25, 0.3) is 0 Å². The third kappa shape index (κ3) is 3.62. The maximum Gasteiger partial charge on any atom is 0.244 e. The van der Waals surface area contributed by atoms with E-state index in [9.17, 15) is 13.7 Å². The minimum atomic E-state index is -3.66. The van der Waals surface area contributed by atoms with Crippen LogP contribution in [-0.4, -0.2) is 38.9 Å². The topological polar surface area (TPSA) is 65.6 Å². The van der Waals surface area contributed by atoms with E-state index in [1.807, 2.05) is 30.3 Å². The summed E-state index contributed by atoms with van der Waals surface area (Å²) in [6.45, 7) is 4.35. The predicted molar refractivity (Wildman–Crippen MR) is 100 cm³/mol. The van der Waals surface area contributed by atoms with Gasteiger partial charge in [0, 0.05) is 10.6 Å². The number of piperazine rings is 1. The molecule has 0 amide bonds. The molecule has 1 fully saturated rings. The van der Waals surface area contributed by atoms with E-state index in [-0.39, 0.29) is 16.5 Å². The Bertz CT molecular complexity index is 932. The molecule has 5 nitrogen and oxygen atoms in total. The summed E-state index contributed by atoms with van der Waals surface area (Å²) in [5.41, 5.74) is 1.27. The SMILES string of the molecule is C[C@@H](c1ccccc1Cl)[NH+]1CCN(S(=O)(=O)c2ccccc2C#N)CC1. The fourth-order valence-electron chi connectivity index (χ4n) is 3.42. The molecule has 7 heteroatoms. The molecular formula is C19H21ClN3O2S+. The average Bonchev–Trinajstić information content (AvgIpc) is 2.68. The molecule has 1 aliphatic heterocycles. The van der Waals surface area contributed by atoms with Gasteiger partial charge in [0.2, 0.25) is 10.0 Å². The first-order valence-corrected chi connectivity index (χ1v) is 10.3. The van der Waals surface area contributed by atoms with Gasteiger partial charge in [0.1, 0.15) is 12.1 Å². The third-order valence-corrected chi connectivity index (χ3v) is 7.28. The van der Waals surface area contributed by atoms with Crippen LogP contribution in [0, 0.1) is 11.3 Å². The average molecular weight is 391 g/mol. The Kier molecular flexibility index (Phi) is 5.64. The summed E-state index contributed by atoms with van der Waals surface area (Å²) in [5.74, 6) is 0. The van der Waals surface area contributed by atoms with Gasteiger partial charge in [0.15, 0.2) is 0 Å². The first-order valence-electron chi connectivity index (χ1n) is 8.53. The summed E-state index contributed by atoms with van der Waals surface area (Å²) < 4.78 is 27.3. The van der Waals surface area contributed by atoms with Crippen molar-refractivity contribution >= 4 is 21.6 Å². The van der Waals surface area contributed by atoms with E-state index in [0.717, 1.165) is 10.6 Å². The lowest BCUT2D eigenvalue weighted by atomic mass is 10.1. The molecule has 0 unspecified atom stereocenters. The highest BCUT2D eigenvalue weighted by Crippen LogP contribution is 2.22. The van der Waals surface area contributed by atoms with Gasteiger partial charge in [-0.2, -0.15) is 9.57 Å². The van der Waals surface area contributed by atoms with Gasteiger partial charge >= 0.3 is 0 Å². The summed E-state index contributed by atoms with van der Waals surface area (Å²) in [5, 5.41) is 9.94. The zero-order valence-corrected chi connectivity index (χ0v) is 16.1. The molecule has 0 spiro atoms. The molecule has 2 aromatic carbocycles. The Morgan fingerprint density at radius 3 is 2.38 bits per heavy atom. The molecule has 0 radical (unpaired) electrons.